The lowest BCUT2D eigenvalue weighted by molar-refractivity contribution is 0.101. The number of rotatable bonds is 4. The first-order chi connectivity index (χ1) is 9.99. The molecule has 2 rings (SSSR count). The Morgan fingerprint density at radius 2 is 1.67 bits per heavy atom. The van der Waals surface area contributed by atoms with Crippen LogP contribution in [0.25, 0.3) is 0 Å². The highest BCUT2D eigenvalue weighted by atomic mass is 32.2. The van der Waals surface area contributed by atoms with Crippen LogP contribution in [0.3, 0.4) is 0 Å². The number of benzene rings is 2. The van der Waals surface area contributed by atoms with Crippen LogP contribution < -0.4 is 0 Å². The monoisotopic (exact) mass is 314 g/mol. The van der Waals surface area contributed by atoms with Gasteiger partial charge in [-0.15, -0.1) is 11.8 Å². The number of Topliss-reactive ketones (excluding diaryl/α,β-unsaturated/α-hetero) is 1. The summed E-state index contributed by atoms with van der Waals surface area (Å²) in [5.74, 6) is 0.956. The average Bonchev–Trinajstić information content (AvgIpc) is 2.44. The molecule has 1 nitrogen and oxygen atoms in total. The molecule has 0 fully saturated rings. The molecule has 0 unspecified atom stereocenters. The van der Waals surface area contributed by atoms with Crippen molar-refractivity contribution in [3.05, 3.63) is 70.3 Å². The zero-order chi connectivity index (χ0) is 15.4. The van der Waals surface area contributed by atoms with Crippen LogP contribution in [0.5, 0.6) is 0 Å². The summed E-state index contributed by atoms with van der Waals surface area (Å²) in [5, 5.41) is 0. The maximum Gasteiger partial charge on any atom is 0.160 e. The summed E-state index contributed by atoms with van der Waals surface area (Å²) in [5.41, 5.74) is 5.23. The van der Waals surface area contributed by atoms with Gasteiger partial charge in [0.1, 0.15) is 0 Å². The largest absolute Gasteiger partial charge is 0.294 e. The van der Waals surface area contributed by atoms with Crippen molar-refractivity contribution in [2.24, 2.45) is 0 Å². The molecule has 3 heteroatoms. The quantitative estimate of drug-likeness (QED) is 0.576. The third kappa shape index (κ3) is 4.02. The Morgan fingerprint density at radius 3 is 2.19 bits per heavy atom. The van der Waals surface area contributed by atoms with Crippen LogP contribution >= 0.6 is 24.0 Å². The summed E-state index contributed by atoms with van der Waals surface area (Å²) in [6.45, 7) is 5.61. The molecule has 0 atom stereocenters. The minimum absolute atomic E-state index is 0.129. The normalized spacial score (nSPS) is 10.4. The fourth-order valence-electron chi connectivity index (χ4n) is 2.50. The van der Waals surface area contributed by atoms with Gasteiger partial charge in [0.05, 0.1) is 4.20 Å². The smallest absolute Gasteiger partial charge is 0.160 e. The van der Waals surface area contributed by atoms with Gasteiger partial charge in [0.25, 0.3) is 0 Å². The van der Waals surface area contributed by atoms with Crippen LogP contribution in [0, 0.1) is 13.8 Å². The van der Waals surface area contributed by atoms with Crippen LogP contribution in [-0.4, -0.2) is 9.98 Å². The van der Waals surface area contributed by atoms with Crippen LogP contribution in [0.2, 0.25) is 0 Å². The van der Waals surface area contributed by atoms with E-state index in [1.54, 1.807) is 18.7 Å². The second-order valence-electron chi connectivity index (χ2n) is 5.10. The van der Waals surface area contributed by atoms with E-state index in [0.29, 0.717) is 0 Å². The van der Waals surface area contributed by atoms with Crippen molar-refractivity contribution in [1.29, 1.82) is 0 Å². The number of hydrogen-bond donors (Lipinski definition) is 0. The maximum absolute atomic E-state index is 11.6. The molecule has 0 saturated carbocycles. The molecule has 0 aliphatic carbocycles. The Balaban J connectivity index is 2.11. The van der Waals surface area contributed by atoms with E-state index < -0.39 is 0 Å². The molecule has 0 spiro atoms. The molecule has 0 bridgehead atoms. The minimum atomic E-state index is 0.129. The van der Waals surface area contributed by atoms with Crippen molar-refractivity contribution in [3.8, 4) is 0 Å². The Labute approximate surface area is 135 Å². The molecule has 0 aromatic heterocycles. The summed E-state index contributed by atoms with van der Waals surface area (Å²) >= 11 is 7.12. The van der Waals surface area contributed by atoms with Gasteiger partial charge < -0.3 is 0 Å². The van der Waals surface area contributed by atoms with Gasteiger partial charge in [-0.3, -0.25) is 4.79 Å². The number of carbonyl (C=O) groups is 1. The molecule has 2 aromatic rings. The summed E-state index contributed by atoms with van der Waals surface area (Å²) in [6, 6.07) is 14.2. The van der Waals surface area contributed by atoms with Crippen molar-refractivity contribution < 1.29 is 4.79 Å². The van der Waals surface area contributed by atoms with Crippen molar-refractivity contribution in [1.82, 2.24) is 0 Å². The fraction of sp³-hybridized carbons (Fsp3) is 0.222. The number of ketones is 1. The molecule has 0 heterocycles. The first-order valence-corrected chi connectivity index (χ1v) is 8.21. The molecule has 108 valence electrons. The minimum Gasteiger partial charge on any atom is -0.294 e. The number of hydrogen-bond acceptors (Lipinski definition) is 3. The van der Waals surface area contributed by atoms with E-state index in [9.17, 15) is 4.79 Å². The van der Waals surface area contributed by atoms with Gasteiger partial charge in [-0.05, 0) is 43.0 Å². The summed E-state index contributed by atoms with van der Waals surface area (Å²) in [7, 11) is 0. The molecule has 21 heavy (non-hydrogen) atoms. The van der Waals surface area contributed by atoms with Crippen molar-refractivity contribution in [3.63, 3.8) is 0 Å². The molecule has 0 aliphatic heterocycles. The van der Waals surface area contributed by atoms with E-state index in [0.717, 1.165) is 32.2 Å². The molecule has 0 amide bonds. The number of thiocarbonyl (C=S) groups is 1. The summed E-state index contributed by atoms with van der Waals surface area (Å²) < 4.78 is 0.904. The fourth-order valence-corrected chi connectivity index (χ4v) is 3.58. The Morgan fingerprint density at radius 1 is 1.10 bits per heavy atom. The van der Waals surface area contributed by atoms with Crippen LogP contribution in [0.4, 0.5) is 0 Å². The van der Waals surface area contributed by atoms with Crippen LogP contribution in [0.15, 0.2) is 42.5 Å². The van der Waals surface area contributed by atoms with E-state index >= 15 is 0 Å². The number of aryl methyl sites for hydroxylation is 2. The van der Waals surface area contributed by atoms with Gasteiger partial charge >= 0.3 is 0 Å². The second-order valence-corrected chi connectivity index (χ2v) is 6.76. The van der Waals surface area contributed by atoms with E-state index in [2.05, 4.69) is 12.1 Å². The zero-order valence-corrected chi connectivity index (χ0v) is 14.1. The summed E-state index contributed by atoms with van der Waals surface area (Å²) in [4.78, 5) is 11.6. The van der Waals surface area contributed by atoms with Crippen molar-refractivity contribution >= 4 is 34.0 Å². The Kier molecular flexibility index (Phi) is 5.32. The molecule has 0 saturated heterocycles. The standard InChI is InChI=1S/C18H18OS2/c1-12-9-15(10-13(2)17(12)14(3)19)11-21-18(20)16-7-5-4-6-8-16/h4-10H,11H2,1-3H3. The second kappa shape index (κ2) is 7.01. The van der Waals surface area contributed by atoms with E-state index in [1.165, 1.54) is 5.56 Å². The molecule has 0 aliphatic rings. The van der Waals surface area contributed by atoms with Gasteiger partial charge in [-0.25, -0.2) is 0 Å². The SMILES string of the molecule is CC(=O)c1c(C)cc(CSC(=S)c2ccccc2)cc1C. The van der Waals surface area contributed by atoms with E-state index in [4.69, 9.17) is 12.2 Å². The number of carbonyl (C=O) groups excluding carboxylic acids is 1. The van der Waals surface area contributed by atoms with Crippen LogP contribution in [0.1, 0.15) is 39.5 Å². The lowest BCUT2D eigenvalue weighted by Crippen LogP contribution is -2.01. The highest BCUT2D eigenvalue weighted by Crippen LogP contribution is 2.23. The molecule has 2 aromatic carbocycles. The Bertz CT molecular complexity index is 652. The van der Waals surface area contributed by atoms with Gasteiger partial charge in [0.15, 0.2) is 5.78 Å². The zero-order valence-electron chi connectivity index (χ0n) is 12.5. The topological polar surface area (TPSA) is 17.1 Å². The molecule has 0 radical (unpaired) electrons. The molecular formula is C18H18OS2. The van der Waals surface area contributed by atoms with Crippen molar-refractivity contribution in [2.75, 3.05) is 0 Å². The lowest BCUT2D eigenvalue weighted by Gasteiger charge is -2.10. The van der Waals surface area contributed by atoms with Crippen LogP contribution in [-0.2, 0) is 5.75 Å². The van der Waals surface area contributed by atoms with Gasteiger partial charge in [-0.2, -0.15) is 0 Å². The third-order valence-corrected chi connectivity index (χ3v) is 4.89. The summed E-state index contributed by atoms with van der Waals surface area (Å²) in [6.07, 6.45) is 0. The predicted molar refractivity (Wildman–Crippen MR) is 95.4 cm³/mol. The van der Waals surface area contributed by atoms with Gasteiger partial charge in [-0.1, -0.05) is 54.7 Å². The van der Waals surface area contributed by atoms with Crippen molar-refractivity contribution in [2.45, 2.75) is 26.5 Å². The lowest BCUT2D eigenvalue weighted by atomic mass is 9.97. The Hall–Kier alpha value is -1.45. The number of thioether (sulfide) groups is 1. The average molecular weight is 314 g/mol. The highest BCUT2D eigenvalue weighted by Gasteiger charge is 2.10. The maximum atomic E-state index is 11.6. The van der Waals surface area contributed by atoms with E-state index in [1.807, 2.05) is 44.2 Å². The van der Waals surface area contributed by atoms with E-state index in [-0.39, 0.29) is 5.78 Å². The molecular weight excluding hydrogens is 296 g/mol. The predicted octanol–water partition coefficient (Wildman–Crippen LogP) is 5.11. The molecule has 0 N–H and O–H groups in total. The third-order valence-electron chi connectivity index (χ3n) is 3.32. The first kappa shape index (κ1) is 15.9. The highest BCUT2D eigenvalue weighted by molar-refractivity contribution is 8.23. The first-order valence-electron chi connectivity index (χ1n) is 6.82. The van der Waals surface area contributed by atoms with Gasteiger partial charge in [0, 0.05) is 11.3 Å². The van der Waals surface area contributed by atoms with Gasteiger partial charge in [0.2, 0.25) is 0 Å².